The number of amides is 1. The van der Waals surface area contributed by atoms with Crippen LogP contribution in [0.5, 0.6) is 5.75 Å². The predicted molar refractivity (Wildman–Crippen MR) is 125 cm³/mol. The normalized spacial score (nSPS) is 12.9. The molecule has 0 aliphatic carbocycles. The molecule has 0 saturated heterocycles. The van der Waals surface area contributed by atoms with Gasteiger partial charge in [0.2, 0.25) is 12.2 Å². The number of hydrogen-bond acceptors (Lipinski definition) is 6. The maximum Gasteiger partial charge on any atom is 0.247 e. The zero-order chi connectivity index (χ0) is 24.3. The number of aromatic nitrogens is 3. The molecule has 0 bridgehead atoms. The molecule has 0 aliphatic rings. The Hall–Kier alpha value is -2.88. The number of ether oxygens (including phenoxy) is 1. The van der Waals surface area contributed by atoms with Crippen LogP contribution in [0, 0.1) is 5.82 Å². The molecule has 1 aromatic carbocycles. The largest absolute Gasteiger partial charge is 0.457 e. The molecule has 2 aromatic heterocycles. The molecule has 8 nitrogen and oxygen atoms in total. The quantitative estimate of drug-likeness (QED) is 0.352. The second-order valence-electron chi connectivity index (χ2n) is 7.23. The molecule has 0 spiro atoms. The van der Waals surface area contributed by atoms with Gasteiger partial charge in [-0.05, 0) is 39.0 Å². The Morgan fingerprint density at radius 2 is 1.97 bits per heavy atom. The van der Waals surface area contributed by atoms with Crippen molar-refractivity contribution in [2.75, 3.05) is 18.8 Å². The summed E-state index contributed by atoms with van der Waals surface area (Å²) in [4.78, 5) is 18.5. The number of nitrogens with two attached hydrogens (primary N) is 1. The minimum atomic E-state index is -1.69. The summed E-state index contributed by atoms with van der Waals surface area (Å²) in [5, 5.41) is 14.5. The van der Waals surface area contributed by atoms with Crippen molar-refractivity contribution >= 4 is 34.9 Å². The van der Waals surface area contributed by atoms with Gasteiger partial charge in [-0.1, -0.05) is 23.2 Å². The molecular weight excluding hydrogens is 472 g/mol. The van der Waals surface area contributed by atoms with E-state index in [0.29, 0.717) is 24.2 Å². The summed E-state index contributed by atoms with van der Waals surface area (Å²) in [7, 11) is 0. The summed E-state index contributed by atoms with van der Waals surface area (Å²) in [5.41, 5.74) is 7.01. The van der Waals surface area contributed by atoms with Crippen LogP contribution in [0.25, 0.3) is 11.1 Å². The Morgan fingerprint density at radius 1 is 1.27 bits per heavy atom. The summed E-state index contributed by atoms with van der Waals surface area (Å²) in [6.45, 7) is 6.83. The number of aliphatic hydroxyl groups is 1. The first kappa shape index (κ1) is 24.8. The molecule has 0 radical (unpaired) electrons. The highest BCUT2D eigenvalue weighted by molar-refractivity contribution is 6.36. The standard InChI is InChI=1S/C22H24Cl2FN5O3/c1-4-29(5-2)21(31)12(3)30-11-14(10-28-30)13-8-17(20(26)27-9-13)33-22(32)18-15(23)6-7-16(25)19(18)24/h6-12,22,32H,4-5H2,1-3H3,(H2,26,27). The summed E-state index contributed by atoms with van der Waals surface area (Å²) < 4.78 is 20.9. The van der Waals surface area contributed by atoms with Crippen LogP contribution in [-0.2, 0) is 4.79 Å². The zero-order valence-corrected chi connectivity index (χ0v) is 19.8. The van der Waals surface area contributed by atoms with Crippen LogP contribution in [0.1, 0.15) is 38.7 Å². The highest BCUT2D eigenvalue weighted by Gasteiger charge is 2.23. The van der Waals surface area contributed by atoms with Crippen molar-refractivity contribution in [3.63, 3.8) is 0 Å². The lowest BCUT2D eigenvalue weighted by molar-refractivity contribution is -0.134. The van der Waals surface area contributed by atoms with Crippen molar-refractivity contribution in [2.24, 2.45) is 0 Å². The Kier molecular flexibility index (Phi) is 7.78. The van der Waals surface area contributed by atoms with Crippen LogP contribution in [0.2, 0.25) is 10.0 Å². The van der Waals surface area contributed by atoms with Crippen LogP contribution >= 0.6 is 23.2 Å². The first-order valence-corrected chi connectivity index (χ1v) is 11.0. The number of nitrogen functional groups attached to an aromatic ring is 1. The van der Waals surface area contributed by atoms with Gasteiger partial charge < -0.3 is 20.5 Å². The molecule has 11 heteroatoms. The molecule has 1 amide bonds. The van der Waals surface area contributed by atoms with Crippen molar-refractivity contribution in [2.45, 2.75) is 33.1 Å². The van der Waals surface area contributed by atoms with Crippen molar-refractivity contribution in [1.29, 1.82) is 0 Å². The topological polar surface area (TPSA) is 107 Å². The number of rotatable bonds is 8. The van der Waals surface area contributed by atoms with Gasteiger partial charge in [-0.2, -0.15) is 5.10 Å². The molecule has 2 atom stereocenters. The number of pyridine rings is 1. The van der Waals surface area contributed by atoms with Crippen molar-refractivity contribution in [1.82, 2.24) is 19.7 Å². The molecule has 0 fully saturated rings. The first-order valence-electron chi connectivity index (χ1n) is 10.2. The lowest BCUT2D eigenvalue weighted by Gasteiger charge is -2.22. The molecule has 176 valence electrons. The number of anilines is 1. The van der Waals surface area contributed by atoms with E-state index in [1.807, 2.05) is 13.8 Å². The summed E-state index contributed by atoms with van der Waals surface area (Å²) in [6.07, 6.45) is 3.11. The lowest BCUT2D eigenvalue weighted by Crippen LogP contribution is -2.36. The minimum absolute atomic E-state index is 0.00100. The van der Waals surface area contributed by atoms with E-state index in [9.17, 15) is 14.3 Å². The van der Waals surface area contributed by atoms with Gasteiger partial charge in [0.25, 0.3) is 0 Å². The van der Waals surface area contributed by atoms with E-state index in [-0.39, 0.29) is 33.1 Å². The monoisotopic (exact) mass is 495 g/mol. The molecule has 3 N–H and O–H groups in total. The molecule has 3 aromatic rings. The summed E-state index contributed by atoms with van der Waals surface area (Å²) in [6, 6.07) is 3.40. The van der Waals surface area contributed by atoms with Crippen molar-refractivity contribution in [3.8, 4) is 16.9 Å². The number of likely N-dealkylation sites (N-methyl/N-ethyl adjacent to an activating group) is 1. The fourth-order valence-electron chi connectivity index (χ4n) is 3.27. The van der Waals surface area contributed by atoms with E-state index in [1.165, 1.54) is 12.3 Å². The first-order chi connectivity index (χ1) is 15.7. The van der Waals surface area contributed by atoms with E-state index < -0.39 is 18.1 Å². The van der Waals surface area contributed by atoms with Gasteiger partial charge in [0.05, 0.1) is 21.8 Å². The number of hydrogen-bond donors (Lipinski definition) is 2. The van der Waals surface area contributed by atoms with Gasteiger partial charge in [-0.3, -0.25) is 9.48 Å². The predicted octanol–water partition coefficient (Wildman–Crippen LogP) is 4.47. The van der Waals surface area contributed by atoms with Crippen molar-refractivity contribution in [3.05, 3.63) is 58.2 Å². The molecular formula is C22H24Cl2FN5O3. The third-order valence-corrected chi connectivity index (χ3v) is 5.92. The minimum Gasteiger partial charge on any atom is -0.457 e. The van der Waals surface area contributed by atoms with Crippen LogP contribution in [0.3, 0.4) is 0 Å². The zero-order valence-electron chi connectivity index (χ0n) is 18.3. The number of benzene rings is 1. The average Bonchev–Trinajstić information content (AvgIpc) is 3.28. The SMILES string of the molecule is CCN(CC)C(=O)C(C)n1cc(-c2cnc(N)c(OC(O)c3c(Cl)ccc(F)c3Cl)c2)cn1. The van der Waals surface area contributed by atoms with Gasteiger partial charge in [0.1, 0.15) is 11.9 Å². The van der Waals surface area contributed by atoms with Gasteiger partial charge in [0, 0.05) is 36.6 Å². The van der Waals surface area contributed by atoms with Gasteiger partial charge in [-0.15, -0.1) is 0 Å². The number of carbonyl (C=O) groups is 1. The van der Waals surface area contributed by atoms with Crippen LogP contribution in [-0.4, -0.2) is 43.8 Å². The Labute approximate surface area is 200 Å². The van der Waals surface area contributed by atoms with Crippen LogP contribution in [0.15, 0.2) is 36.8 Å². The molecule has 2 heterocycles. The summed E-state index contributed by atoms with van der Waals surface area (Å²) >= 11 is 12.0. The van der Waals surface area contributed by atoms with Gasteiger partial charge in [-0.25, -0.2) is 9.37 Å². The number of aliphatic hydroxyl groups excluding tert-OH is 1. The average molecular weight is 496 g/mol. The number of halogens is 3. The van der Waals surface area contributed by atoms with E-state index in [0.717, 1.165) is 6.07 Å². The molecule has 2 unspecified atom stereocenters. The lowest BCUT2D eigenvalue weighted by atomic mass is 10.1. The fourth-order valence-corrected chi connectivity index (χ4v) is 3.82. The number of nitrogens with zero attached hydrogens (tertiary/aromatic N) is 4. The highest BCUT2D eigenvalue weighted by atomic mass is 35.5. The summed E-state index contributed by atoms with van der Waals surface area (Å²) in [5.74, 6) is -0.754. The van der Waals surface area contributed by atoms with E-state index in [4.69, 9.17) is 33.7 Å². The molecule has 0 aliphatic heterocycles. The Balaban J connectivity index is 1.86. The van der Waals surface area contributed by atoms with Crippen molar-refractivity contribution < 1.29 is 19.0 Å². The smallest absolute Gasteiger partial charge is 0.247 e. The Bertz CT molecular complexity index is 1150. The molecule has 3 rings (SSSR count). The third kappa shape index (κ3) is 5.21. The van der Waals surface area contributed by atoms with Crippen LogP contribution in [0.4, 0.5) is 10.2 Å². The van der Waals surface area contributed by atoms with E-state index in [2.05, 4.69) is 10.1 Å². The third-order valence-electron chi connectivity index (χ3n) is 5.21. The number of carbonyl (C=O) groups excluding carboxylic acids is 1. The highest BCUT2D eigenvalue weighted by Crippen LogP contribution is 2.36. The second kappa shape index (κ2) is 10.4. The Morgan fingerprint density at radius 3 is 2.64 bits per heavy atom. The fraction of sp³-hybridized carbons (Fsp3) is 0.318. The maximum atomic E-state index is 13.8. The van der Waals surface area contributed by atoms with Crippen LogP contribution < -0.4 is 10.5 Å². The molecule has 0 saturated carbocycles. The van der Waals surface area contributed by atoms with E-state index in [1.54, 1.807) is 35.0 Å². The van der Waals surface area contributed by atoms with Gasteiger partial charge >= 0.3 is 0 Å². The second-order valence-corrected chi connectivity index (χ2v) is 8.02. The maximum absolute atomic E-state index is 13.8. The molecule has 33 heavy (non-hydrogen) atoms. The van der Waals surface area contributed by atoms with Gasteiger partial charge in [0.15, 0.2) is 11.6 Å². The van der Waals surface area contributed by atoms with E-state index >= 15 is 0 Å².